The molecule has 0 bridgehead atoms. The number of benzene rings is 2. The van der Waals surface area contributed by atoms with Crippen LogP contribution in [0.25, 0.3) is 11.0 Å². The Hall–Kier alpha value is -2.93. The Kier molecular flexibility index (Phi) is 4.34. The molecule has 1 aliphatic heterocycles. The molecule has 4 rings (SSSR count). The number of nitrogens with zero attached hydrogens (tertiary/aromatic N) is 1. The van der Waals surface area contributed by atoms with Gasteiger partial charge in [-0.15, -0.1) is 0 Å². The third-order valence-corrected chi connectivity index (χ3v) is 5.57. The molecule has 142 valence electrons. The van der Waals surface area contributed by atoms with E-state index in [-0.39, 0.29) is 12.5 Å². The van der Waals surface area contributed by atoms with Crippen molar-refractivity contribution in [2.75, 3.05) is 0 Å². The quantitative estimate of drug-likeness (QED) is 0.495. The molecule has 2 heterocycles. The zero-order valence-electron chi connectivity index (χ0n) is 15.3. The fourth-order valence-corrected chi connectivity index (χ4v) is 4.00. The van der Waals surface area contributed by atoms with Crippen LogP contribution in [0.1, 0.15) is 23.6 Å². The van der Waals surface area contributed by atoms with Gasteiger partial charge >= 0.3 is 11.7 Å². The van der Waals surface area contributed by atoms with Gasteiger partial charge in [0.25, 0.3) is 5.91 Å². The number of carbonyl (C=O) groups is 2. The zero-order chi connectivity index (χ0) is 20.1. The lowest BCUT2D eigenvalue weighted by Crippen LogP contribution is -2.41. The van der Waals surface area contributed by atoms with E-state index in [9.17, 15) is 14.4 Å². The first kappa shape index (κ1) is 18.4. The lowest BCUT2D eigenvalue weighted by molar-refractivity contribution is -0.131. The summed E-state index contributed by atoms with van der Waals surface area (Å²) in [4.78, 5) is 39.0. The minimum absolute atomic E-state index is 0.0180. The molecule has 7 heteroatoms. The third-order valence-electron chi connectivity index (χ3n) is 5.08. The molecule has 0 radical (unpaired) electrons. The van der Waals surface area contributed by atoms with Gasteiger partial charge < -0.3 is 9.73 Å². The number of urea groups is 1. The fraction of sp³-hybridized carbons (Fsp3) is 0.190. The first-order chi connectivity index (χ1) is 13.3. The molecule has 1 fully saturated rings. The molecule has 1 aromatic heterocycles. The summed E-state index contributed by atoms with van der Waals surface area (Å²) in [5.41, 5.74) is 0.922. The number of nitrogens with one attached hydrogen (secondary N) is 1. The second kappa shape index (κ2) is 6.60. The van der Waals surface area contributed by atoms with Crippen LogP contribution in [0.5, 0.6) is 0 Å². The standard InChI is InChI=1S/C21H17BrN2O4/c1-12-5-3-4-6-16(12)21(2)19(26)24(20(27)23-21)11-13-9-18(25)28-17-10-14(22)7-8-15(13)17/h3-10H,11H2,1-2H3,(H,23,27). The second-order valence-corrected chi connectivity index (χ2v) is 7.91. The molecular formula is C21H17BrN2O4. The number of rotatable bonds is 3. The molecule has 1 atom stereocenters. The average Bonchev–Trinajstić information content (AvgIpc) is 2.85. The maximum atomic E-state index is 13.2. The van der Waals surface area contributed by atoms with E-state index in [1.807, 2.05) is 37.3 Å². The maximum absolute atomic E-state index is 13.2. The van der Waals surface area contributed by atoms with Crippen LogP contribution in [-0.2, 0) is 16.9 Å². The smallest absolute Gasteiger partial charge is 0.336 e. The highest BCUT2D eigenvalue weighted by molar-refractivity contribution is 9.10. The summed E-state index contributed by atoms with van der Waals surface area (Å²) in [6.07, 6.45) is 0. The Labute approximate surface area is 169 Å². The van der Waals surface area contributed by atoms with E-state index in [4.69, 9.17) is 4.42 Å². The van der Waals surface area contributed by atoms with Gasteiger partial charge in [0.05, 0.1) is 6.54 Å². The number of amides is 3. The van der Waals surface area contributed by atoms with Crippen molar-refractivity contribution in [3.05, 3.63) is 80.1 Å². The van der Waals surface area contributed by atoms with Gasteiger partial charge in [0, 0.05) is 15.9 Å². The van der Waals surface area contributed by atoms with Gasteiger partial charge in [-0.3, -0.25) is 9.69 Å². The number of hydrogen-bond donors (Lipinski definition) is 1. The van der Waals surface area contributed by atoms with E-state index in [2.05, 4.69) is 21.2 Å². The Morgan fingerprint density at radius 1 is 1.11 bits per heavy atom. The third kappa shape index (κ3) is 2.92. The number of imide groups is 1. The van der Waals surface area contributed by atoms with Gasteiger partial charge in [-0.05, 0) is 48.7 Å². The van der Waals surface area contributed by atoms with Crippen molar-refractivity contribution in [2.45, 2.75) is 25.9 Å². The molecule has 3 aromatic rings. The zero-order valence-corrected chi connectivity index (χ0v) is 16.9. The number of fused-ring (bicyclic) bond motifs is 1. The summed E-state index contributed by atoms with van der Waals surface area (Å²) in [5.74, 6) is -0.356. The van der Waals surface area contributed by atoms with E-state index in [1.165, 1.54) is 6.07 Å². The van der Waals surface area contributed by atoms with E-state index in [0.717, 1.165) is 20.5 Å². The van der Waals surface area contributed by atoms with Crippen molar-refractivity contribution in [1.82, 2.24) is 10.2 Å². The van der Waals surface area contributed by atoms with Gasteiger partial charge in [0.15, 0.2) is 0 Å². The molecule has 6 nitrogen and oxygen atoms in total. The number of hydrogen-bond acceptors (Lipinski definition) is 4. The number of halogens is 1. The Morgan fingerprint density at radius 3 is 2.61 bits per heavy atom. The van der Waals surface area contributed by atoms with Crippen molar-refractivity contribution < 1.29 is 14.0 Å². The molecule has 1 saturated heterocycles. The number of carbonyl (C=O) groups excluding carboxylic acids is 2. The first-order valence-electron chi connectivity index (χ1n) is 8.72. The normalized spacial score (nSPS) is 19.3. The second-order valence-electron chi connectivity index (χ2n) is 6.99. The van der Waals surface area contributed by atoms with Crippen molar-refractivity contribution in [2.24, 2.45) is 0 Å². The van der Waals surface area contributed by atoms with Crippen LogP contribution < -0.4 is 10.9 Å². The van der Waals surface area contributed by atoms with Gasteiger partial charge in [-0.1, -0.05) is 40.2 Å². The van der Waals surface area contributed by atoms with Crippen LogP contribution in [0, 0.1) is 6.92 Å². The highest BCUT2D eigenvalue weighted by atomic mass is 79.9. The average molecular weight is 441 g/mol. The Bertz CT molecular complexity index is 1190. The van der Waals surface area contributed by atoms with E-state index < -0.39 is 17.2 Å². The molecular weight excluding hydrogens is 424 g/mol. The monoisotopic (exact) mass is 440 g/mol. The molecule has 1 aliphatic rings. The lowest BCUT2D eigenvalue weighted by Gasteiger charge is -2.24. The summed E-state index contributed by atoms with van der Waals surface area (Å²) in [6, 6.07) is 13.6. The van der Waals surface area contributed by atoms with Crippen molar-refractivity contribution in [1.29, 1.82) is 0 Å². The van der Waals surface area contributed by atoms with Gasteiger partial charge in [0.1, 0.15) is 11.1 Å². The Morgan fingerprint density at radius 2 is 1.86 bits per heavy atom. The minimum atomic E-state index is -1.15. The van der Waals surface area contributed by atoms with Crippen LogP contribution >= 0.6 is 15.9 Å². The van der Waals surface area contributed by atoms with E-state index in [0.29, 0.717) is 16.5 Å². The minimum Gasteiger partial charge on any atom is -0.423 e. The fourth-order valence-electron chi connectivity index (χ4n) is 3.66. The largest absolute Gasteiger partial charge is 0.423 e. The summed E-state index contributed by atoms with van der Waals surface area (Å²) in [7, 11) is 0. The summed E-state index contributed by atoms with van der Waals surface area (Å²) in [6.45, 7) is 3.58. The SMILES string of the molecule is Cc1ccccc1C1(C)NC(=O)N(Cc2cc(=O)oc3cc(Br)ccc23)C1=O. The molecule has 2 aromatic carbocycles. The lowest BCUT2D eigenvalue weighted by atomic mass is 9.88. The van der Waals surface area contributed by atoms with Crippen LogP contribution in [0.4, 0.5) is 4.79 Å². The molecule has 1 unspecified atom stereocenters. The molecule has 28 heavy (non-hydrogen) atoms. The molecule has 1 N–H and O–H groups in total. The van der Waals surface area contributed by atoms with Crippen LogP contribution in [-0.4, -0.2) is 16.8 Å². The summed E-state index contributed by atoms with van der Waals surface area (Å²) < 4.78 is 6.00. The predicted octanol–water partition coefficient (Wildman–Crippen LogP) is 3.83. The Balaban J connectivity index is 1.75. The molecule has 0 saturated carbocycles. The van der Waals surface area contributed by atoms with Crippen LogP contribution in [0.15, 0.2) is 62.2 Å². The van der Waals surface area contributed by atoms with Crippen molar-refractivity contribution in [3.8, 4) is 0 Å². The predicted molar refractivity (Wildman–Crippen MR) is 108 cm³/mol. The molecule has 0 aliphatic carbocycles. The maximum Gasteiger partial charge on any atom is 0.336 e. The highest BCUT2D eigenvalue weighted by Gasteiger charge is 2.49. The topological polar surface area (TPSA) is 79.6 Å². The molecule has 3 amide bonds. The first-order valence-corrected chi connectivity index (χ1v) is 9.51. The van der Waals surface area contributed by atoms with Gasteiger partial charge in [-0.25, -0.2) is 9.59 Å². The van der Waals surface area contributed by atoms with Gasteiger partial charge in [-0.2, -0.15) is 0 Å². The summed E-state index contributed by atoms with van der Waals surface area (Å²) >= 11 is 3.35. The number of aryl methyl sites for hydroxylation is 1. The van der Waals surface area contributed by atoms with Crippen molar-refractivity contribution >= 4 is 38.8 Å². The summed E-state index contributed by atoms with van der Waals surface area (Å²) in [5, 5.41) is 3.48. The van der Waals surface area contributed by atoms with E-state index in [1.54, 1.807) is 19.1 Å². The van der Waals surface area contributed by atoms with Crippen molar-refractivity contribution in [3.63, 3.8) is 0 Å². The molecule has 0 spiro atoms. The van der Waals surface area contributed by atoms with E-state index >= 15 is 0 Å². The van der Waals surface area contributed by atoms with Crippen LogP contribution in [0.3, 0.4) is 0 Å². The highest BCUT2D eigenvalue weighted by Crippen LogP contribution is 2.32. The van der Waals surface area contributed by atoms with Crippen LogP contribution in [0.2, 0.25) is 0 Å². The van der Waals surface area contributed by atoms with Gasteiger partial charge in [0.2, 0.25) is 0 Å².